The van der Waals surface area contributed by atoms with Crippen molar-refractivity contribution in [3.05, 3.63) is 78.9 Å². The molecule has 0 fully saturated rings. The summed E-state index contributed by atoms with van der Waals surface area (Å²) in [6.45, 7) is 2.65. The fourth-order valence-corrected chi connectivity index (χ4v) is 3.75. The van der Waals surface area contributed by atoms with Crippen LogP contribution in [0.5, 0.6) is 11.5 Å². The molecule has 0 radical (unpaired) electrons. The van der Waals surface area contributed by atoms with E-state index >= 15 is 0 Å². The molecule has 1 aromatic heterocycles. The Balaban J connectivity index is 1.27. The average molecular weight is 449 g/mol. The fraction of sp³-hybridized carbons (Fsp3) is 0.200. The van der Waals surface area contributed by atoms with E-state index < -0.39 is 6.10 Å². The van der Waals surface area contributed by atoms with Crippen LogP contribution >= 0.6 is 11.8 Å². The Kier molecular flexibility index (Phi) is 7.42. The monoisotopic (exact) mass is 448 g/mol. The van der Waals surface area contributed by atoms with Crippen LogP contribution in [0.4, 0.5) is 0 Å². The molecule has 6 nitrogen and oxygen atoms in total. The molecular weight excluding hydrogens is 424 g/mol. The zero-order valence-corrected chi connectivity index (χ0v) is 18.5. The number of aromatic nitrogens is 2. The van der Waals surface area contributed by atoms with Crippen molar-refractivity contribution in [3.63, 3.8) is 0 Å². The number of thioether (sulfide) groups is 1. The summed E-state index contributed by atoms with van der Waals surface area (Å²) in [5.74, 6) is 2.17. The molecule has 32 heavy (non-hydrogen) atoms. The van der Waals surface area contributed by atoms with E-state index in [4.69, 9.17) is 13.9 Å². The van der Waals surface area contributed by atoms with Gasteiger partial charge in [-0.2, -0.15) is 0 Å². The van der Waals surface area contributed by atoms with E-state index in [2.05, 4.69) is 22.3 Å². The summed E-state index contributed by atoms with van der Waals surface area (Å²) in [5.41, 5.74) is 3.02. The highest BCUT2D eigenvalue weighted by atomic mass is 32.2. The molecule has 1 heterocycles. The molecular formula is C25H24N2O4S. The number of aliphatic hydroxyl groups excluding tert-OH is 1. The number of para-hydroxylation sites is 1. The maximum absolute atomic E-state index is 10.3. The van der Waals surface area contributed by atoms with Crippen LogP contribution in [-0.4, -0.2) is 40.4 Å². The van der Waals surface area contributed by atoms with Gasteiger partial charge in [-0.1, -0.05) is 66.4 Å². The number of hydrogen-bond donors (Lipinski definition) is 1. The summed E-state index contributed by atoms with van der Waals surface area (Å²) in [5, 5.41) is 18.8. The van der Waals surface area contributed by atoms with Gasteiger partial charge in [0.05, 0.1) is 18.3 Å². The van der Waals surface area contributed by atoms with E-state index in [0.29, 0.717) is 35.0 Å². The molecule has 164 valence electrons. The van der Waals surface area contributed by atoms with Gasteiger partial charge in [-0.3, -0.25) is 0 Å². The number of ether oxygens (including phenoxy) is 2. The summed E-state index contributed by atoms with van der Waals surface area (Å²) in [4.78, 5) is 0. The topological polar surface area (TPSA) is 77.6 Å². The minimum absolute atomic E-state index is 0.172. The Morgan fingerprint density at radius 2 is 1.59 bits per heavy atom. The maximum atomic E-state index is 10.3. The largest absolute Gasteiger partial charge is 0.493 e. The second-order valence-electron chi connectivity index (χ2n) is 6.97. The fourth-order valence-electron chi connectivity index (χ4n) is 3.08. The zero-order chi connectivity index (χ0) is 22.2. The predicted molar refractivity (Wildman–Crippen MR) is 125 cm³/mol. The SMILES string of the molecule is CCOc1ccccc1-c1nnc(SCC(O)COc2ccc(-c3ccccc3)cc2)o1. The maximum Gasteiger partial charge on any atom is 0.276 e. The van der Waals surface area contributed by atoms with Crippen molar-refractivity contribution in [2.75, 3.05) is 19.0 Å². The highest BCUT2D eigenvalue weighted by molar-refractivity contribution is 7.99. The van der Waals surface area contributed by atoms with E-state index in [1.807, 2.05) is 73.7 Å². The Labute approximate surface area is 191 Å². The lowest BCUT2D eigenvalue weighted by molar-refractivity contribution is 0.126. The van der Waals surface area contributed by atoms with Crippen LogP contribution in [0, 0.1) is 0 Å². The first-order chi connectivity index (χ1) is 15.7. The molecule has 0 aliphatic rings. The van der Waals surface area contributed by atoms with Gasteiger partial charge >= 0.3 is 0 Å². The van der Waals surface area contributed by atoms with Gasteiger partial charge in [0.15, 0.2) is 0 Å². The minimum Gasteiger partial charge on any atom is -0.493 e. The molecule has 0 spiro atoms. The number of benzene rings is 3. The van der Waals surface area contributed by atoms with Gasteiger partial charge in [-0.05, 0) is 42.3 Å². The van der Waals surface area contributed by atoms with E-state index in [1.54, 1.807) is 0 Å². The lowest BCUT2D eigenvalue weighted by atomic mass is 10.1. The summed E-state index contributed by atoms with van der Waals surface area (Å²) < 4.78 is 17.1. The van der Waals surface area contributed by atoms with Crippen molar-refractivity contribution in [1.29, 1.82) is 0 Å². The number of nitrogens with zero attached hydrogens (tertiary/aromatic N) is 2. The quantitative estimate of drug-likeness (QED) is 0.328. The van der Waals surface area contributed by atoms with Crippen LogP contribution in [0.25, 0.3) is 22.6 Å². The second-order valence-corrected chi connectivity index (χ2v) is 7.94. The highest BCUT2D eigenvalue weighted by Crippen LogP contribution is 2.31. The van der Waals surface area contributed by atoms with Crippen LogP contribution in [-0.2, 0) is 0 Å². The van der Waals surface area contributed by atoms with Gasteiger partial charge in [0.25, 0.3) is 11.1 Å². The van der Waals surface area contributed by atoms with Gasteiger partial charge in [0, 0.05) is 5.75 Å². The third-order valence-electron chi connectivity index (χ3n) is 4.63. The van der Waals surface area contributed by atoms with Crippen molar-refractivity contribution in [3.8, 4) is 34.1 Å². The van der Waals surface area contributed by atoms with Crippen molar-refractivity contribution in [2.24, 2.45) is 0 Å². The Morgan fingerprint density at radius 1 is 0.875 bits per heavy atom. The van der Waals surface area contributed by atoms with Gasteiger partial charge < -0.3 is 19.0 Å². The van der Waals surface area contributed by atoms with E-state index in [-0.39, 0.29) is 6.61 Å². The van der Waals surface area contributed by atoms with Crippen LogP contribution in [0.15, 0.2) is 88.5 Å². The van der Waals surface area contributed by atoms with Gasteiger partial charge in [-0.25, -0.2) is 0 Å². The standard InChI is InChI=1S/C25H24N2O4S/c1-2-29-23-11-7-6-10-22(23)24-26-27-25(31-24)32-17-20(28)16-30-21-14-12-19(13-15-21)18-8-4-3-5-9-18/h3-15,20,28H,2,16-17H2,1H3. The number of rotatable bonds is 10. The first-order valence-corrected chi connectivity index (χ1v) is 11.4. The van der Waals surface area contributed by atoms with E-state index in [0.717, 1.165) is 16.7 Å². The first-order valence-electron chi connectivity index (χ1n) is 10.4. The third kappa shape index (κ3) is 5.69. The van der Waals surface area contributed by atoms with Gasteiger partial charge in [-0.15, -0.1) is 10.2 Å². The van der Waals surface area contributed by atoms with Crippen molar-refractivity contribution in [1.82, 2.24) is 10.2 Å². The molecule has 1 N–H and O–H groups in total. The lowest BCUT2D eigenvalue weighted by Gasteiger charge is -2.11. The van der Waals surface area contributed by atoms with Crippen LogP contribution < -0.4 is 9.47 Å². The predicted octanol–water partition coefficient (Wildman–Crippen LogP) is 5.33. The van der Waals surface area contributed by atoms with Crippen LogP contribution in [0.2, 0.25) is 0 Å². The Morgan fingerprint density at radius 3 is 2.38 bits per heavy atom. The second kappa shape index (κ2) is 10.8. The van der Waals surface area contributed by atoms with Crippen molar-refractivity contribution >= 4 is 11.8 Å². The molecule has 0 amide bonds. The van der Waals surface area contributed by atoms with Crippen LogP contribution in [0.1, 0.15) is 6.92 Å². The third-order valence-corrected chi connectivity index (χ3v) is 5.59. The molecule has 0 bridgehead atoms. The van der Waals surface area contributed by atoms with E-state index in [9.17, 15) is 5.11 Å². The number of hydrogen-bond acceptors (Lipinski definition) is 7. The Bertz CT molecular complexity index is 1120. The minimum atomic E-state index is -0.681. The molecule has 1 atom stereocenters. The summed E-state index contributed by atoms with van der Waals surface area (Å²) in [7, 11) is 0. The van der Waals surface area contributed by atoms with Gasteiger partial charge in [0.1, 0.15) is 18.1 Å². The molecule has 0 aliphatic heterocycles. The summed E-state index contributed by atoms with van der Waals surface area (Å²) in [6, 6.07) is 25.5. The number of aliphatic hydroxyl groups is 1. The average Bonchev–Trinajstić information content (AvgIpc) is 3.32. The molecule has 7 heteroatoms. The molecule has 4 aromatic rings. The zero-order valence-electron chi connectivity index (χ0n) is 17.7. The van der Waals surface area contributed by atoms with Gasteiger partial charge in [0.2, 0.25) is 0 Å². The first kappa shape index (κ1) is 21.9. The molecule has 0 saturated heterocycles. The van der Waals surface area contributed by atoms with Crippen molar-refractivity contribution in [2.45, 2.75) is 18.3 Å². The smallest absolute Gasteiger partial charge is 0.276 e. The molecule has 1 unspecified atom stereocenters. The molecule has 0 saturated carbocycles. The Hall–Kier alpha value is -3.29. The lowest BCUT2D eigenvalue weighted by Crippen LogP contribution is -2.20. The van der Waals surface area contributed by atoms with Crippen molar-refractivity contribution < 1.29 is 19.0 Å². The molecule has 0 aliphatic carbocycles. The van der Waals surface area contributed by atoms with Crippen LogP contribution in [0.3, 0.4) is 0 Å². The molecule has 4 rings (SSSR count). The normalized spacial score (nSPS) is 11.8. The molecule has 3 aromatic carbocycles. The highest BCUT2D eigenvalue weighted by Gasteiger charge is 2.15. The summed E-state index contributed by atoms with van der Waals surface area (Å²) >= 11 is 1.29. The summed E-state index contributed by atoms with van der Waals surface area (Å²) in [6.07, 6.45) is -0.681. The van der Waals surface area contributed by atoms with E-state index in [1.165, 1.54) is 11.8 Å².